The maximum absolute atomic E-state index is 6.17. The zero-order valence-electron chi connectivity index (χ0n) is 11.7. The molecule has 4 nitrogen and oxygen atoms in total. The van der Waals surface area contributed by atoms with Gasteiger partial charge in [0.15, 0.2) is 0 Å². The van der Waals surface area contributed by atoms with E-state index in [9.17, 15) is 0 Å². The number of halogens is 2. The van der Waals surface area contributed by atoms with Crippen molar-refractivity contribution in [1.82, 2.24) is 9.55 Å². The molecule has 1 unspecified atom stereocenters. The van der Waals surface area contributed by atoms with Crippen LogP contribution in [0.1, 0.15) is 18.7 Å². The van der Waals surface area contributed by atoms with Gasteiger partial charge in [0, 0.05) is 18.3 Å². The minimum atomic E-state index is 0.176. The molecule has 0 aliphatic heterocycles. The smallest absolute Gasteiger partial charge is 0.207 e. The summed E-state index contributed by atoms with van der Waals surface area (Å²) in [7, 11) is 1.68. The molecule has 2 rings (SSSR count). The molecule has 1 heterocycles. The highest BCUT2D eigenvalue weighted by atomic mass is 35.5. The molecule has 0 aliphatic rings. The second kappa shape index (κ2) is 6.48. The number of benzene rings is 1. The van der Waals surface area contributed by atoms with E-state index in [-0.39, 0.29) is 6.04 Å². The van der Waals surface area contributed by atoms with Gasteiger partial charge in [-0.2, -0.15) is 0 Å². The summed E-state index contributed by atoms with van der Waals surface area (Å²) < 4.78 is 7.22. The van der Waals surface area contributed by atoms with Crippen molar-refractivity contribution in [3.05, 3.63) is 40.1 Å². The van der Waals surface area contributed by atoms with Gasteiger partial charge in [-0.1, -0.05) is 23.2 Å². The number of anilines is 2. The second-order valence-corrected chi connectivity index (χ2v) is 5.51. The van der Waals surface area contributed by atoms with Gasteiger partial charge in [-0.3, -0.25) is 0 Å². The van der Waals surface area contributed by atoms with Crippen LogP contribution in [0.15, 0.2) is 24.4 Å². The minimum Gasteiger partial charge on any atom is -0.383 e. The van der Waals surface area contributed by atoms with Crippen LogP contribution in [0.5, 0.6) is 0 Å². The highest BCUT2D eigenvalue weighted by Gasteiger charge is 2.13. The first-order valence-electron chi connectivity index (χ1n) is 6.27. The molecule has 1 N–H and O–H groups in total. The van der Waals surface area contributed by atoms with Gasteiger partial charge >= 0.3 is 0 Å². The maximum Gasteiger partial charge on any atom is 0.207 e. The Morgan fingerprint density at radius 2 is 2.15 bits per heavy atom. The predicted molar refractivity (Wildman–Crippen MR) is 83.3 cm³/mol. The van der Waals surface area contributed by atoms with Gasteiger partial charge < -0.3 is 14.6 Å². The summed E-state index contributed by atoms with van der Waals surface area (Å²) in [4.78, 5) is 4.48. The fourth-order valence-electron chi connectivity index (χ4n) is 1.98. The summed E-state index contributed by atoms with van der Waals surface area (Å²) >= 11 is 12.1. The highest BCUT2D eigenvalue weighted by Crippen LogP contribution is 2.29. The van der Waals surface area contributed by atoms with E-state index in [1.54, 1.807) is 19.2 Å². The molecule has 1 atom stereocenters. The number of nitrogens with one attached hydrogen (secondary N) is 1. The van der Waals surface area contributed by atoms with E-state index in [2.05, 4.69) is 17.2 Å². The van der Waals surface area contributed by atoms with E-state index in [0.717, 1.165) is 17.3 Å². The van der Waals surface area contributed by atoms with Crippen molar-refractivity contribution in [2.45, 2.75) is 19.9 Å². The van der Waals surface area contributed by atoms with E-state index < -0.39 is 0 Å². The number of nitrogens with zero attached hydrogens (tertiary/aromatic N) is 2. The van der Waals surface area contributed by atoms with Crippen LogP contribution in [0.3, 0.4) is 0 Å². The lowest BCUT2D eigenvalue weighted by Crippen LogP contribution is -2.12. The number of imidazole rings is 1. The molecule has 6 heteroatoms. The lowest BCUT2D eigenvalue weighted by Gasteiger charge is -2.16. The van der Waals surface area contributed by atoms with Gasteiger partial charge in [0.25, 0.3) is 0 Å². The first-order chi connectivity index (χ1) is 9.51. The van der Waals surface area contributed by atoms with Crippen molar-refractivity contribution < 1.29 is 4.74 Å². The Kier molecular flexibility index (Phi) is 4.91. The van der Waals surface area contributed by atoms with Crippen molar-refractivity contribution in [3.8, 4) is 0 Å². The van der Waals surface area contributed by atoms with Crippen molar-refractivity contribution in [1.29, 1.82) is 0 Å². The molecular weight excluding hydrogens is 297 g/mol. The Bertz CT molecular complexity index is 598. The number of ether oxygens (including phenoxy) is 1. The molecule has 0 bridgehead atoms. The van der Waals surface area contributed by atoms with E-state index >= 15 is 0 Å². The van der Waals surface area contributed by atoms with Crippen LogP contribution in [-0.2, 0) is 4.74 Å². The fraction of sp³-hybridized carbons (Fsp3) is 0.357. The summed E-state index contributed by atoms with van der Waals surface area (Å²) in [5, 5.41) is 4.40. The molecule has 20 heavy (non-hydrogen) atoms. The zero-order valence-corrected chi connectivity index (χ0v) is 13.2. The topological polar surface area (TPSA) is 39.1 Å². The Hall–Kier alpha value is -1.23. The van der Waals surface area contributed by atoms with Crippen LogP contribution in [0.4, 0.5) is 11.6 Å². The van der Waals surface area contributed by atoms with Gasteiger partial charge in [-0.15, -0.1) is 0 Å². The highest BCUT2D eigenvalue weighted by molar-refractivity contribution is 6.36. The van der Waals surface area contributed by atoms with Gasteiger partial charge in [0.05, 0.1) is 29.1 Å². The summed E-state index contributed by atoms with van der Waals surface area (Å²) in [6, 6.07) is 5.49. The molecular formula is C14H17Cl2N3O. The van der Waals surface area contributed by atoms with Crippen LogP contribution in [0, 0.1) is 6.92 Å². The molecule has 0 amide bonds. The maximum atomic E-state index is 6.17. The third kappa shape index (κ3) is 3.45. The van der Waals surface area contributed by atoms with Gasteiger partial charge in [0.2, 0.25) is 5.95 Å². The molecule has 2 aromatic rings. The molecule has 0 spiro atoms. The van der Waals surface area contributed by atoms with Crippen LogP contribution < -0.4 is 5.32 Å². The lowest BCUT2D eigenvalue weighted by molar-refractivity contribution is 0.163. The third-order valence-corrected chi connectivity index (χ3v) is 3.46. The number of hydrogen-bond acceptors (Lipinski definition) is 3. The van der Waals surface area contributed by atoms with Crippen LogP contribution in [0.25, 0.3) is 0 Å². The monoisotopic (exact) mass is 313 g/mol. The first kappa shape index (κ1) is 15.2. The summed E-state index contributed by atoms with van der Waals surface area (Å²) in [6.07, 6.45) is 1.98. The second-order valence-electron chi connectivity index (χ2n) is 4.67. The predicted octanol–water partition coefficient (Wildman–Crippen LogP) is 4.45. The molecule has 1 aromatic heterocycles. The third-order valence-electron chi connectivity index (χ3n) is 2.91. The molecule has 0 aliphatic carbocycles. The standard InChI is InChI=1S/C14H17Cl2N3O/c1-9-7-19(10(2)8-20-3)14(17-9)18-13-5-4-11(15)6-12(13)16/h4-7,10H,8H2,1-3H3,(H,17,18). The Labute approximate surface area is 128 Å². The van der Waals surface area contributed by atoms with E-state index in [1.165, 1.54) is 0 Å². The van der Waals surface area contributed by atoms with Crippen molar-refractivity contribution in [2.75, 3.05) is 19.0 Å². The van der Waals surface area contributed by atoms with Crippen molar-refractivity contribution >= 4 is 34.8 Å². The number of methoxy groups -OCH3 is 1. The average molecular weight is 314 g/mol. The van der Waals surface area contributed by atoms with E-state index in [1.807, 2.05) is 23.8 Å². The van der Waals surface area contributed by atoms with E-state index in [0.29, 0.717) is 16.7 Å². The lowest BCUT2D eigenvalue weighted by atomic mass is 10.3. The quantitative estimate of drug-likeness (QED) is 0.886. The number of hydrogen-bond donors (Lipinski definition) is 1. The van der Waals surface area contributed by atoms with Gasteiger partial charge in [-0.25, -0.2) is 4.98 Å². The summed E-state index contributed by atoms with van der Waals surface area (Å²) in [5.74, 6) is 0.733. The Balaban J connectivity index is 2.29. The number of aromatic nitrogens is 2. The largest absolute Gasteiger partial charge is 0.383 e. The van der Waals surface area contributed by atoms with Gasteiger partial charge in [-0.05, 0) is 32.0 Å². The SMILES string of the molecule is COCC(C)n1cc(C)nc1Nc1ccc(Cl)cc1Cl. The summed E-state index contributed by atoms with van der Waals surface area (Å²) in [5.41, 5.74) is 1.70. The summed E-state index contributed by atoms with van der Waals surface area (Å²) in [6.45, 7) is 4.63. The van der Waals surface area contributed by atoms with Crippen molar-refractivity contribution in [3.63, 3.8) is 0 Å². The molecule has 1 aromatic carbocycles. The van der Waals surface area contributed by atoms with Crippen LogP contribution in [-0.4, -0.2) is 23.3 Å². The normalized spacial score (nSPS) is 12.4. The minimum absolute atomic E-state index is 0.176. The number of aryl methyl sites for hydroxylation is 1. The van der Waals surface area contributed by atoms with E-state index in [4.69, 9.17) is 27.9 Å². The van der Waals surface area contributed by atoms with Crippen LogP contribution >= 0.6 is 23.2 Å². The average Bonchev–Trinajstić information content (AvgIpc) is 2.74. The first-order valence-corrected chi connectivity index (χ1v) is 7.03. The molecule has 0 saturated heterocycles. The van der Waals surface area contributed by atoms with Crippen LogP contribution in [0.2, 0.25) is 10.0 Å². The molecule has 0 saturated carbocycles. The molecule has 0 fully saturated rings. The number of rotatable bonds is 5. The van der Waals surface area contributed by atoms with Gasteiger partial charge in [0.1, 0.15) is 0 Å². The Morgan fingerprint density at radius 1 is 1.40 bits per heavy atom. The zero-order chi connectivity index (χ0) is 14.7. The molecule has 108 valence electrons. The Morgan fingerprint density at radius 3 is 2.80 bits per heavy atom. The fourth-order valence-corrected chi connectivity index (χ4v) is 2.43. The molecule has 0 radical (unpaired) electrons. The van der Waals surface area contributed by atoms with Crippen molar-refractivity contribution in [2.24, 2.45) is 0 Å².